The van der Waals surface area contributed by atoms with E-state index < -0.39 is 13.4 Å². The molecular weight excluding hydrogens is 138 g/mol. The summed E-state index contributed by atoms with van der Waals surface area (Å²) in [6.07, 6.45) is -0.254. The number of hydrogen-bond acceptors (Lipinski definition) is 2. The SMILES string of the molecule is C[C@@H]1O[C@@H]1P(=O)(O)O.[LiH]. The van der Waals surface area contributed by atoms with Gasteiger partial charge in [-0.05, 0) is 6.92 Å². The van der Waals surface area contributed by atoms with Gasteiger partial charge >= 0.3 is 26.5 Å². The van der Waals surface area contributed by atoms with Crippen LogP contribution in [0.3, 0.4) is 0 Å². The van der Waals surface area contributed by atoms with E-state index in [0.29, 0.717) is 0 Å². The van der Waals surface area contributed by atoms with Crippen LogP contribution in [-0.4, -0.2) is 40.6 Å². The van der Waals surface area contributed by atoms with E-state index in [4.69, 9.17) is 9.79 Å². The molecule has 0 radical (unpaired) electrons. The maximum atomic E-state index is 10.2. The fraction of sp³-hybridized carbons (Fsp3) is 1.00. The zero-order valence-electron chi connectivity index (χ0n) is 4.31. The Labute approximate surface area is 64.9 Å². The van der Waals surface area contributed by atoms with Crippen molar-refractivity contribution in [3.8, 4) is 0 Å². The quantitative estimate of drug-likeness (QED) is 0.290. The summed E-state index contributed by atoms with van der Waals surface area (Å²) in [7, 11) is -3.90. The Morgan fingerprint density at radius 1 is 1.56 bits per heavy atom. The summed E-state index contributed by atoms with van der Waals surface area (Å²) in [4.78, 5) is 16.6. The average molecular weight is 146 g/mol. The van der Waals surface area contributed by atoms with Crippen LogP contribution in [0.15, 0.2) is 0 Å². The first kappa shape index (κ1) is 9.71. The Hall–Kier alpha value is 0.707. The zero-order chi connectivity index (χ0) is 6.36. The van der Waals surface area contributed by atoms with Gasteiger partial charge in [0, 0.05) is 0 Å². The van der Waals surface area contributed by atoms with Crippen molar-refractivity contribution >= 4 is 26.5 Å². The van der Waals surface area contributed by atoms with Crippen LogP contribution in [0.4, 0.5) is 0 Å². The summed E-state index contributed by atoms with van der Waals surface area (Å²) in [5, 5.41) is 0. The number of rotatable bonds is 1. The van der Waals surface area contributed by atoms with E-state index >= 15 is 0 Å². The average Bonchev–Trinajstić information content (AvgIpc) is 2.13. The molecule has 0 unspecified atom stereocenters. The molecule has 9 heavy (non-hydrogen) atoms. The molecule has 0 amide bonds. The minimum absolute atomic E-state index is 0. The van der Waals surface area contributed by atoms with Crippen molar-refractivity contribution < 1.29 is 19.1 Å². The summed E-state index contributed by atoms with van der Waals surface area (Å²) in [6.45, 7) is 1.63. The van der Waals surface area contributed by atoms with E-state index in [1.165, 1.54) is 0 Å². The molecule has 0 aromatic heterocycles. The Bertz CT molecular complexity index is 143. The van der Waals surface area contributed by atoms with E-state index in [2.05, 4.69) is 4.74 Å². The molecule has 1 aliphatic heterocycles. The maximum absolute atomic E-state index is 10.2. The molecule has 0 spiro atoms. The van der Waals surface area contributed by atoms with E-state index in [-0.39, 0.29) is 25.0 Å². The van der Waals surface area contributed by atoms with E-state index in [1.807, 2.05) is 0 Å². The van der Waals surface area contributed by atoms with Crippen molar-refractivity contribution in [3.05, 3.63) is 0 Å². The van der Waals surface area contributed by atoms with Crippen molar-refractivity contribution in [2.45, 2.75) is 18.9 Å². The van der Waals surface area contributed by atoms with Gasteiger partial charge < -0.3 is 14.5 Å². The summed E-state index contributed by atoms with van der Waals surface area (Å²) in [5.41, 5.74) is 0. The van der Waals surface area contributed by atoms with Crippen LogP contribution in [0.5, 0.6) is 0 Å². The molecule has 6 heteroatoms. The Morgan fingerprint density at radius 3 is 1.89 bits per heavy atom. The Kier molecular flexibility index (Phi) is 2.97. The van der Waals surface area contributed by atoms with Crippen LogP contribution in [0.1, 0.15) is 6.92 Å². The molecule has 1 heterocycles. The molecule has 2 atom stereocenters. The predicted octanol–water partition coefficient (Wildman–Crippen LogP) is -0.740. The van der Waals surface area contributed by atoms with Crippen molar-refractivity contribution in [3.63, 3.8) is 0 Å². The number of ether oxygens (including phenoxy) is 1. The fourth-order valence-corrected chi connectivity index (χ4v) is 1.42. The number of hydrogen-bond donors (Lipinski definition) is 2. The van der Waals surface area contributed by atoms with Crippen molar-refractivity contribution in [2.75, 3.05) is 0 Å². The molecule has 0 saturated carbocycles. The first-order chi connectivity index (χ1) is 3.52. The molecule has 1 aliphatic rings. The van der Waals surface area contributed by atoms with E-state index in [1.54, 1.807) is 6.92 Å². The zero-order valence-corrected chi connectivity index (χ0v) is 5.21. The minimum atomic E-state index is -3.90. The second-order valence-electron chi connectivity index (χ2n) is 1.82. The van der Waals surface area contributed by atoms with Gasteiger partial charge in [-0.2, -0.15) is 0 Å². The molecule has 1 fully saturated rings. The molecule has 4 nitrogen and oxygen atoms in total. The first-order valence-corrected chi connectivity index (χ1v) is 3.90. The summed E-state index contributed by atoms with van der Waals surface area (Å²) < 4.78 is 14.7. The predicted molar refractivity (Wildman–Crippen MR) is 33.5 cm³/mol. The number of epoxide rings is 1. The summed E-state index contributed by atoms with van der Waals surface area (Å²) in [6, 6.07) is 0. The van der Waals surface area contributed by atoms with Gasteiger partial charge in [0.05, 0.1) is 6.10 Å². The van der Waals surface area contributed by atoms with E-state index in [9.17, 15) is 4.57 Å². The van der Waals surface area contributed by atoms with Crippen molar-refractivity contribution in [2.24, 2.45) is 0 Å². The van der Waals surface area contributed by atoms with Gasteiger partial charge in [-0.3, -0.25) is 4.57 Å². The van der Waals surface area contributed by atoms with Gasteiger partial charge in [0.2, 0.25) is 0 Å². The van der Waals surface area contributed by atoms with Crippen molar-refractivity contribution in [1.82, 2.24) is 0 Å². The molecule has 0 aliphatic carbocycles. The van der Waals surface area contributed by atoms with Gasteiger partial charge in [0.1, 0.15) is 0 Å². The molecule has 50 valence electrons. The Morgan fingerprint density at radius 2 is 1.89 bits per heavy atom. The third kappa shape index (κ3) is 2.43. The standard InChI is InChI=1S/C3H7O4P.Li.H/c1-2-3(7-2)8(4,5)6;;/h2-3H,1H3,(H2,4,5,6);;/t2-,3+;;/m0../s1. The van der Waals surface area contributed by atoms with Crippen LogP contribution in [0, 0.1) is 0 Å². The van der Waals surface area contributed by atoms with Crippen molar-refractivity contribution in [1.29, 1.82) is 0 Å². The molecular formula is C3H8LiO4P. The molecule has 0 aromatic carbocycles. The van der Waals surface area contributed by atoms with Crippen LogP contribution in [0.2, 0.25) is 0 Å². The Balaban J connectivity index is 0.000000640. The van der Waals surface area contributed by atoms with Gasteiger partial charge in [0.15, 0.2) is 5.85 Å². The third-order valence-electron chi connectivity index (χ3n) is 1.01. The second kappa shape index (κ2) is 2.75. The second-order valence-corrected chi connectivity index (χ2v) is 3.51. The molecule has 0 aromatic rings. The van der Waals surface area contributed by atoms with Crippen LogP contribution in [0.25, 0.3) is 0 Å². The van der Waals surface area contributed by atoms with Gasteiger partial charge in [0.25, 0.3) is 0 Å². The van der Waals surface area contributed by atoms with Crippen LogP contribution < -0.4 is 0 Å². The van der Waals surface area contributed by atoms with E-state index in [0.717, 1.165) is 0 Å². The fourth-order valence-electron chi connectivity index (χ4n) is 0.527. The van der Waals surface area contributed by atoms with Crippen LogP contribution >= 0.6 is 7.60 Å². The van der Waals surface area contributed by atoms with Crippen LogP contribution in [-0.2, 0) is 9.30 Å². The van der Waals surface area contributed by atoms with Gasteiger partial charge in [-0.1, -0.05) is 0 Å². The van der Waals surface area contributed by atoms with Gasteiger partial charge in [-0.15, -0.1) is 0 Å². The molecule has 1 saturated heterocycles. The summed E-state index contributed by atoms with van der Waals surface area (Å²) in [5.74, 6) is -0.817. The summed E-state index contributed by atoms with van der Waals surface area (Å²) >= 11 is 0. The molecule has 0 bridgehead atoms. The van der Waals surface area contributed by atoms with Gasteiger partial charge in [-0.25, -0.2) is 0 Å². The third-order valence-corrected chi connectivity index (χ3v) is 2.22. The normalized spacial score (nSPS) is 33.2. The molecule has 1 rings (SSSR count). The molecule has 2 N–H and O–H groups in total. The monoisotopic (exact) mass is 146 g/mol. The topological polar surface area (TPSA) is 70.1 Å². The first-order valence-electron chi connectivity index (χ1n) is 2.22.